The smallest absolute Gasteiger partial charge is 0.269 e. The molecule has 6 nitrogen and oxygen atoms in total. The van der Waals surface area contributed by atoms with Crippen molar-refractivity contribution in [1.82, 2.24) is 9.55 Å². The Morgan fingerprint density at radius 3 is 2.47 bits per heavy atom. The van der Waals surface area contributed by atoms with E-state index in [-0.39, 0.29) is 5.69 Å². The molecule has 2 rings (SSSR count). The lowest BCUT2D eigenvalue weighted by Crippen LogP contribution is -2.07. The molecule has 0 spiro atoms. The molecule has 0 unspecified atom stereocenters. The van der Waals surface area contributed by atoms with E-state index in [1.54, 1.807) is 12.1 Å². The second-order valence-corrected chi connectivity index (χ2v) is 4.42. The molecule has 0 aliphatic carbocycles. The molecule has 1 heterocycles. The highest BCUT2D eigenvalue weighted by molar-refractivity contribution is 5.35. The molecular formula is C13H16N4O2. The summed E-state index contributed by atoms with van der Waals surface area (Å²) < 4.78 is 1.98. The average Bonchev–Trinajstić information content (AvgIpc) is 2.67. The van der Waals surface area contributed by atoms with Gasteiger partial charge in [-0.3, -0.25) is 10.1 Å². The van der Waals surface area contributed by atoms with Crippen molar-refractivity contribution in [3.05, 3.63) is 57.2 Å². The van der Waals surface area contributed by atoms with Crippen molar-refractivity contribution in [2.24, 2.45) is 12.8 Å². The lowest BCUT2D eigenvalue weighted by Gasteiger charge is -2.06. The van der Waals surface area contributed by atoms with Gasteiger partial charge in [-0.1, -0.05) is 12.1 Å². The fraction of sp³-hybridized carbons (Fsp3) is 0.308. The highest BCUT2D eigenvalue weighted by atomic mass is 16.6. The Morgan fingerprint density at radius 2 is 2.00 bits per heavy atom. The Balaban J connectivity index is 2.26. The molecule has 0 radical (unpaired) electrons. The quantitative estimate of drug-likeness (QED) is 0.669. The molecule has 0 bridgehead atoms. The van der Waals surface area contributed by atoms with Crippen molar-refractivity contribution in [3.63, 3.8) is 0 Å². The first-order valence-electron chi connectivity index (χ1n) is 5.97. The van der Waals surface area contributed by atoms with Crippen LogP contribution in [-0.2, 0) is 20.0 Å². The van der Waals surface area contributed by atoms with Crippen LogP contribution in [0.25, 0.3) is 0 Å². The van der Waals surface area contributed by atoms with Gasteiger partial charge in [0.2, 0.25) is 0 Å². The first-order valence-corrected chi connectivity index (χ1v) is 5.97. The van der Waals surface area contributed by atoms with Gasteiger partial charge in [0, 0.05) is 31.3 Å². The van der Waals surface area contributed by atoms with Crippen molar-refractivity contribution in [3.8, 4) is 0 Å². The minimum absolute atomic E-state index is 0.105. The third-order valence-electron chi connectivity index (χ3n) is 3.21. The van der Waals surface area contributed by atoms with E-state index in [2.05, 4.69) is 4.98 Å². The Bertz CT molecular complexity index is 602. The lowest BCUT2D eigenvalue weighted by atomic mass is 10.1. The molecule has 1 aromatic carbocycles. The number of aromatic nitrogens is 2. The van der Waals surface area contributed by atoms with Crippen LogP contribution in [0, 0.1) is 17.0 Å². The van der Waals surface area contributed by atoms with Crippen LogP contribution in [0.1, 0.15) is 22.8 Å². The maximum Gasteiger partial charge on any atom is 0.269 e. The molecule has 19 heavy (non-hydrogen) atoms. The summed E-state index contributed by atoms with van der Waals surface area (Å²) in [6, 6.07) is 6.58. The summed E-state index contributed by atoms with van der Waals surface area (Å²) in [5, 5.41) is 10.6. The van der Waals surface area contributed by atoms with Crippen LogP contribution in [0.15, 0.2) is 24.3 Å². The van der Waals surface area contributed by atoms with E-state index >= 15 is 0 Å². The molecule has 0 saturated carbocycles. The minimum Gasteiger partial charge on any atom is -0.333 e. The third kappa shape index (κ3) is 2.63. The van der Waals surface area contributed by atoms with Crippen LogP contribution in [0.3, 0.4) is 0 Å². The Kier molecular flexibility index (Phi) is 3.62. The third-order valence-corrected chi connectivity index (χ3v) is 3.21. The van der Waals surface area contributed by atoms with Crippen LogP contribution in [0.4, 0.5) is 5.69 Å². The predicted octanol–water partition coefficient (Wildman–Crippen LogP) is 1.69. The van der Waals surface area contributed by atoms with Crippen LogP contribution in [-0.4, -0.2) is 14.5 Å². The molecule has 100 valence electrons. The zero-order valence-corrected chi connectivity index (χ0v) is 11.0. The summed E-state index contributed by atoms with van der Waals surface area (Å²) in [6.45, 7) is 2.34. The van der Waals surface area contributed by atoms with Gasteiger partial charge in [0.15, 0.2) is 0 Å². The molecule has 0 aliphatic heterocycles. The number of nitrogens with zero attached hydrogens (tertiary/aromatic N) is 3. The van der Waals surface area contributed by atoms with Gasteiger partial charge in [-0.05, 0) is 12.5 Å². The first kappa shape index (κ1) is 13.2. The lowest BCUT2D eigenvalue weighted by molar-refractivity contribution is -0.384. The van der Waals surface area contributed by atoms with Crippen LogP contribution < -0.4 is 5.73 Å². The van der Waals surface area contributed by atoms with Gasteiger partial charge < -0.3 is 10.3 Å². The largest absolute Gasteiger partial charge is 0.333 e. The van der Waals surface area contributed by atoms with E-state index in [4.69, 9.17) is 5.73 Å². The fourth-order valence-corrected chi connectivity index (χ4v) is 2.09. The molecule has 6 heteroatoms. The van der Waals surface area contributed by atoms with Gasteiger partial charge in [-0.25, -0.2) is 4.98 Å². The Labute approximate surface area is 111 Å². The standard InChI is InChI=1S/C13H16N4O2/c1-9-12(16(2)13(8-14)15-9)7-10-3-5-11(6-4-10)17(18)19/h3-6H,7-8,14H2,1-2H3. The Morgan fingerprint density at radius 1 is 1.37 bits per heavy atom. The zero-order valence-electron chi connectivity index (χ0n) is 11.0. The summed E-state index contributed by atoms with van der Waals surface area (Å²) in [6.07, 6.45) is 0.688. The Hall–Kier alpha value is -2.21. The summed E-state index contributed by atoms with van der Waals surface area (Å²) in [7, 11) is 1.93. The van der Waals surface area contributed by atoms with E-state index in [0.29, 0.717) is 13.0 Å². The van der Waals surface area contributed by atoms with E-state index < -0.39 is 4.92 Å². The van der Waals surface area contributed by atoms with Crippen LogP contribution >= 0.6 is 0 Å². The summed E-state index contributed by atoms with van der Waals surface area (Å²) in [5.74, 6) is 0.842. The molecular weight excluding hydrogens is 244 g/mol. The molecule has 1 aromatic heterocycles. The predicted molar refractivity (Wildman–Crippen MR) is 71.7 cm³/mol. The summed E-state index contributed by atoms with van der Waals surface area (Å²) >= 11 is 0. The number of nitro groups is 1. The summed E-state index contributed by atoms with van der Waals surface area (Å²) in [4.78, 5) is 14.6. The van der Waals surface area contributed by atoms with Crippen molar-refractivity contribution >= 4 is 5.69 Å². The van der Waals surface area contributed by atoms with Gasteiger partial charge in [0.1, 0.15) is 5.82 Å². The van der Waals surface area contributed by atoms with Crippen molar-refractivity contribution in [2.75, 3.05) is 0 Å². The molecule has 0 aliphatic rings. The monoisotopic (exact) mass is 260 g/mol. The van der Waals surface area contributed by atoms with Crippen LogP contribution in [0.2, 0.25) is 0 Å². The van der Waals surface area contributed by atoms with E-state index in [0.717, 1.165) is 22.8 Å². The van der Waals surface area contributed by atoms with Gasteiger partial charge in [0.25, 0.3) is 5.69 Å². The number of imidazole rings is 1. The van der Waals surface area contributed by atoms with E-state index in [1.807, 2.05) is 18.5 Å². The number of nitrogens with two attached hydrogens (primary N) is 1. The number of nitro benzene ring substituents is 1. The normalized spacial score (nSPS) is 10.7. The van der Waals surface area contributed by atoms with Crippen LogP contribution in [0.5, 0.6) is 0 Å². The minimum atomic E-state index is -0.397. The molecule has 2 aromatic rings. The SMILES string of the molecule is Cc1nc(CN)n(C)c1Cc1ccc([N+](=O)[O-])cc1. The average molecular weight is 260 g/mol. The first-order chi connectivity index (χ1) is 9.02. The molecule has 0 fully saturated rings. The van der Waals surface area contributed by atoms with Crippen molar-refractivity contribution < 1.29 is 4.92 Å². The van der Waals surface area contributed by atoms with E-state index in [1.165, 1.54) is 12.1 Å². The molecule has 0 atom stereocenters. The highest BCUT2D eigenvalue weighted by Gasteiger charge is 2.11. The molecule has 0 amide bonds. The number of hydrogen-bond acceptors (Lipinski definition) is 4. The maximum atomic E-state index is 10.6. The van der Waals surface area contributed by atoms with Gasteiger partial charge in [-0.2, -0.15) is 0 Å². The molecule has 0 saturated heterocycles. The number of hydrogen-bond donors (Lipinski definition) is 1. The molecule has 2 N–H and O–H groups in total. The maximum absolute atomic E-state index is 10.6. The second-order valence-electron chi connectivity index (χ2n) is 4.42. The number of benzene rings is 1. The topological polar surface area (TPSA) is 87.0 Å². The van der Waals surface area contributed by atoms with Crippen molar-refractivity contribution in [1.29, 1.82) is 0 Å². The fourth-order valence-electron chi connectivity index (χ4n) is 2.09. The van der Waals surface area contributed by atoms with Gasteiger partial charge in [-0.15, -0.1) is 0 Å². The van der Waals surface area contributed by atoms with E-state index in [9.17, 15) is 10.1 Å². The number of non-ortho nitro benzene ring substituents is 1. The zero-order chi connectivity index (χ0) is 14.0. The second kappa shape index (κ2) is 5.19. The number of aryl methyl sites for hydroxylation is 1. The number of rotatable bonds is 4. The highest BCUT2D eigenvalue weighted by Crippen LogP contribution is 2.17. The van der Waals surface area contributed by atoms with Gasteiger partial charge in [0.05, 0.1) is 17.2 Å². The van der Waals surface area contributed by atoms with Gasteiger partial charge >= 0.3 is 0 Å². The van der Waals surface area contributed by atoms with Crippen molar-refractivity contribution in [2.45, 2.75) is 19.9 Å². The summed E-state index contributed by atoms with van der Waals surface area (Å²) in [5.41, 5.74) is 8.76.